The first kappa shape index (κ1) is 31.0. The number of aromatic nitrogens is 2. The molecule has 6 atom stereocenters. The molecule has 4 aliphatic rings. The number of hydrogen-bond acceptors (Lipinski definition) is 8. The van der Waals surface area contributed by atoms with Gasteiger partial charge in [-0.2, -0.15) is 0 Å². The van der Waals surface area contributed by atoms with Crippen molar-refractivity contribution in [1.29, 1.82) is 0 Å². The minimum absolute atomic E-state index is 0.0294. The number of imidazole rings is 1. The Morgan fingerprint density at radius 1 is 1.11 bits per heavy atom. The standard InChI is InChI=1S/C33H48N6O5/c1-33(2,3)22-6-8-24(9-7-22)39(31(42)27-18-35-20-36-27)28(26-19-44-32-25(26)5-4-16-43-32)29(40)37-23-11-14-38(15-12-23)30(41)21-10-13-34-17-21/h6-9,18,20-21,23,25-26,28,31-32,34,42H,4-5,10-17,19H2,1-3H3,(H,35,36)(H,37,40). The molecule has 4 aliphatic heterocycles. The van der Waals surface area contributed by atoms with Crippen LogP contribution in [0.15, 0.2) is 36.8 Å². The van der Waals surface area contributed by atoms with E-state index in [-0.39, 0.29) is 47.3 Å². The lowest BCUT2D eigenvalue weighted by atomic mass is 9.82. The van der Waals surface area contributed by atoms with E-state index < -0.39 is 12.3 Å². The van der Waals surface area contributed by atoms with E-state index in [0.29, 0.717) is 44.8 Å². The van der Waals surface area contributed by atoms with E-state index in [2.05, 4.69) is 53.5 Å². The number of H-pyrrole nitrogens is 1. The smallest absolute Gasteiger partial charge is 0.243 e. The molecule has 6 rings (SSSR count). The van der Waals surface area contributed by atoms with Crippen LogP contribution in [0.4, 0.5) is 5.69 Å². The lowest BCUT2D eigenvalue weighted by Crippen LogP contribution is -2.58. The molecule has 5 heterocycles. The summed E-state index contributed by atoms with van der Waals surface area (Å²) in [6.45, 7) is 10.4. The number of benzene rings is 1. The number of aromatic amines is 1. The number of ether oxygens (including phenoxy) is 2. The molecule has 0 saturated carbocycles. The molecule has 1 aromatic carbocycles. The van der Waals surface area contributed by atoms with Crippen LogP contribution in [-0.2, 0) is 24.5 Å². The predicted molar refractivity (Wildman–Crippen MR) is 166 cm³/mol. The van der Waals surface area contributed by atoms with Crippen LogP contribution in [-0.4, -0.2) is 89.6 Å². The number of likely N-dealkylation sites (tertiary alicyclic amines) is 1. The van der Waals surface area contributed by atoms with E-state index >= 15 is 0 Å². The van der Waals surface area contributed by atoms with E-state index in [9.17, 15) is 14.7 Å². The largest absolute Gasteiger partial charge is 0.368 e. The van der Waals surface area contributed by atoms with Gasteiger partial charge in [0.2, 0.25) is 11.8 Å². The van der Waals surface area contributed by atoms with Crippen molar-refractivity contribution >= 4 is 17.5 Å². The number of carbonyl (C=O) groups is 2. The first-order valence-corrected chi connectivity index (χ1v) is 16.3. The minimum atomic E-state index is -1.17. The van der Waals surface area contributed by atoms with Gasteiger partial charge >= 0.3 is 0 Å². The third kappa shape index (κ3) is 6.51. The van der Waals surface area contributed by atoms with Crippen molar-refractivity contribution < 1.29 is 24.2 Å². The number of nitrogens with one attached hydrogen (secondary N) is 3. The zero-order chi connectivity index (χ0) is 30.8. The number of hydrogen-bond donors (Lipinski definition) is 4. The number of aliphatic hydroxyl groups excluding tert-OH is 1. The Kier molecular flexibility index (Phi) is 9.28. The van der Waals surface area contributed by atoms with Crippen molar-refractivity contribution in [2.24, 2.45) is 17.8 Å². The normalized spacial score (nSPS) is 27.5. The van der Waals surface area contributed by atoms with Crippen LogP contribution in [0.5, 0.6) is 0 Å². The molecule has 2 aromatic rings. The third-order valence-corrected chi connectivity index (χ3v) is 9.93. The van der Waals surface area contributed by atoms with Gasteiger partial charge in [0.25, 0.3) is 0 Å². The number of amides is 2. The zero-order valence-electron chi connectivity index (χ0n) is 26.2. The van der Waals surface area contributed by atoms with Gasteiger partial charge in [-0.05, 0) is 61.8 Å². The molecule has 0 aliphatic carbocycles. The lowest BCUT2D eigenvalue weighted by molar-refractivity contribution is -0.151. The molecule has 11 nitrogen and oxygen atoms in total. The van der Waals surface area contributed by atoms with Gasteiger partial charge in [-0.1, -0.05) is 32.9 Å². The zero-order valence-corrected chi connectivity index (χ0v) is 26.2. The fourth-order valence-electron chi connectivity index (χ4n) is 7.35. The molecule has 0 spiro atoms. The van der Waals surface area contributed by atoms with Crippen LogP contribution in [0.25, 0.3) is 0 Å². The summed E-state index contributed by atoms with van der Waals surface area (Å²) < 4.78 is 12.1. The summed E-state index contributed by atoms with van der Waals surface area (Å²) in [7, 11) is 0. The summed E-state index contributed by atoms with van der Waals surface area (Å²) in [6, 6.07) is 7.32. The number of piperidine rings is 1. The molecule has 0 radical (unpaired) electrons. The quantitative estimate of drug-likeness (QED) is 0.337. The number of carbonyl (C=O) groups excluding carboxylic acids is 2. The fraction of sp³-hybridized carbons (Fsp3) is 0.667. The Hall–Kier alpha value is -2.99. The maximum atomic E-state index is 14.5. The topological polar surface area (TPSA) is 132 Å². The summed E-state index contributed by atoms with van der Waals surface area (Å²) in [4.78, 5) is 38.6. The van der Waals surface area contributed by atoms with Gasteiger partial charge in [0, 0.05) is 56.0 Å². The Morgan fingerprint density at radius 2 is 1.89 bits per heavy atom. The summed E-state index contributed by atoms with van der Waals surface area (Å²) in [5.41, 5.74) is 2.29. The van der Waals surface area contributed by atoms with Gasteiger partial charge in [0.15, 0.2) is 12.5 Å². The molecule has 240 valence electrons. The molecule has 0 bridgehead atoms. The van der Waals surface area contributed by atoms with E-state index in [4.69, 9.17) is 9.47 Å². The van der Waals surface area contributed by atoms with E-state index in [1.54, 1.807) is 6.20 Å². The molecular formula is C33H48N6O5. The van der Waals surface area contributed by atoms with Crippen LogP contribution in [0.3, 0.4) is 0 Å². The Labute approximate surface area is 260 Å². The average molecular weight is 609 g/mol. The van der Waals surface area contributed by atoms with Crippen molar-refractivity contribution in [3.05, 3.63) is 48.0 Å². The highest BCUT2D eigenvalue weighted by molar-refractivity contribution is 5.86. The van der Waals surface area contributed by atoms with Gasteiger partial charge in [-0.3, -0.25) is 9.59 Å². The molecule has 2 amide bonds. The Balaban J connectivity index is 1.28. The second kappa shape index (κ2) is 13.2. The molecule has 1 aromatic heterocycles. The van der Waals surface area contributed by atoms with Gasteiger partial charge in [-0.15, -0.1) is 0 Å². The van der Waals surface area contributed by atoms with Gasteiger partial charge in [0.1, 0.15) is 11.7 Å². The maximum Gasteiger partial charge on any atom is 0.243 e. The monoisotopic (exact) mass is 608 g/mol. The number of fused-ring (bicyclic) bond motifs is 1. The highest BCUT2D eigenvalue weighted by Crippen LogP contribution is 2.41. The van der Waals surface area contributed by atoms with Crippen molar-refractivity contribution in [2.75, 3.05) is 44.3 Å². The van der Waals surface area contributed by atoms with Gasteiger partial charge in [0.05, 0.1) is 18.9 Å². The summed E-state index contributed by atoms with van der Waals surface area (Å²) in [5.74, 6) is -0.0464. The summed E-state index contributed by atoms with van der Waals surface area (Å²) in [6.07, 6.45) is 5.76. The van der Waals surface area contributed by atoms with Crippen molar-refractivity contribution in [1.82, 2.24) is 25.5 Å². The van der Waals surface area contributed by atoms with Crippen molar-refractivity contribution in [3.8, 4) is 0 Å². The van der Waals surface area contributed by atoms with E-state index in [1.165, 1.54) is 6.33 Å². The number of nitrogens with zero attached hydrogens (tertiary/aromatic N) is 3. The molecule has 44 heavy (non-hydrogen) atoms. The Morgan fingerprint density at radius 3 is 2.55 bits per heavy atom. The predicted octanol–water partition coefficient (Wildman–Crippen LogP) is 2.69. The first-order valence-electron chi connectivity index (χ1n) is 16.3. The van der Waals surface area contributed by atoms with Crippen LogP contribution in [0.2, 0.25) is 0 Å². The van der Waals surface area contributed by atoms with Crippen LogP contribution < -0.4 is 15.5 Å². The van der Waals surface area contributed by atoms with Crippen LogP contribution in [0.1, 0.15) is 70.4 Å². The van der Waals surface area contributed by atoms with Gasteiger partial charge in [-0.25, -0.2) is 4.98 Å². The van der Waals surface area contributed by atoms with Crippen molar-refractivity contribution in [2.45, 2.75) is 82.9 Å². The molecular weight excluding hydrogens is 560 g/mol. The second-order valence-electron chi connectivity index (χ2n) is 13.9. The first-order chi connectivity index (χ1) is 21.2. The number of anilines is 1. The van der Waals surface area contributed by atoms with E-state index in [0.717, 1.165) is 43.6 Å². The second-order valence-corrected chi connectivity index (χ2v) is 13.9. The highest BCUT2D eigenvalue weighted by atomic mass is 16.7. The fourth-order valence-corrected chi connectivity index (χ4v) is 7.35. The molecule has 6 unspecified atom stereocenters. The van der Waals surface area contributed by atoms with Crippen molar-refractivity contribution in [3.63, 3.8) is 0 Å². The third-order valence-electron chi connectivity index (χ3n) is 9.93. The minimum Gasteiger partial charge on any atom is -0.368 e. The van der Waals surface area contributed by atoms with Crippen LogP contribution in [0, 0.1) is 17.8 Å². The lowest BCUT2D eigenvalue weighted by Gasteiger charge is -2.42. The molecule has 4 fully saturated rings. The highest BCUT2D eigenvalue weighted by Gasteiger charge is 2.49. The molecule has 4 saturated heterocycles. The average Bonchev–Trinajstić information content (AvgIpc) is 3.82. The van der Waals surface area contributed by atoms with E-state index in [1.807, 2.05) is 21.9 Å². The maximum absolute atomic E-state index is 14.5. The number of aliphatic hydroxyl groups is 1. The van der Waals surface area contributed by atoms with Crippen LogP contribution >= 0.6 is 0 Å². The molecule has 11 heteroatoms. The van der Waals surface area contributed by atoms with Gasteiger partial charge < -0.3 is 40.0 Å². The Bertz CT molecular complexity index is 1250. The molecule has 4 N–H and O–H groups in total. The summed E-state index contributed by atoms with van der Waals surface area (Å²) >= 11 is 0. The summed E-state index contributed by atoms with van der Waals surface area (Å²) in [5, 5.41) is 18.5. The number of rotatable bonds is 8. The SMILES string of the molecule is CC(C)(C)c1ccc(N(C(O)c2c[nH]cn2)C(C(=O)NC2CCN(C(=O)C3CCNC3)CC2)C2COC3OCCCC32)cc1.